The fourth-order valence-electron chi connectivity index (χ4n) is 3.50. The van der Waals surface area contributed by atoms with Crippen LogP contribution in [0.1, 0.15) is 67.9 Å². The Morgan fingerprint density at radius 3 is 1.24 bits per heavy atom. The minimum absolute atomic E-state index is 0.00259. The summed E-state index contributed by atoms with van der Waals surface area (Å²) in [6.45, 7) is 15.0. The summed E-state index contributed by atoms with van der Waals surface area (Å²) in [7, 11) is 0. The van der Waals surface area contributed by atoms with Crippen LogP contribution in [0.2, 0.25) is 0 Å². The highest BCUT2D eigenvalue weighted by atomic mass is 16.5. The summed E-state index contributed by atoms with van der Waals surface area (Å²) in [6.07, 6.45) is 0. The fraction of sp³-hybridized carbons (Fsp3) is 0.429. The number of carbonyl (C=O) groups excluding carboxylic acids is 4. The fourth-order valence-corrected chi connectivity index (χ4v) is 3.50. The molecule has 34 heavy (non-hydrogen) atoms. The molecule has 0 bridgehead atoms. The molecular formula is C28H34O6. The molecule has 0 spiro atoms. The van der Waals surface area contributed by atoms with Gasteiger partial charge in [-0.05, 0) is 86.8 Å². The average Bonchev–Trinajstić information content (AvgIpc) is 2.81. The summed E-state index contributed by atoms with van der Waals surface area (Å²) in [5, 5.41) is 0. The molecule has 6 heteroatoms. The normalized spacial score (nSPS) is 12.6. The molecule has 0 aliphatic heterocycles. The van der Waals surface area contributed by atoms with Crippen molar-refractivity contribution < 1.29 is 28.7 Å². The van der Waals surface area contributed by atoms with Crippen LogP contribution in [0.25, 0.3) is 0 Å². The van der Waals surface area contributed by atoms with Gasteiger partial charge in [-0.25, -0.2) is 9.59 Å². The molecule has 0 N–H and O–H groups in total. The number of Topliss-reactive ketones (excluding diaryl/α,β-unsaturated/α-hetero) is 2. The highest BCUT2D eigenvalue weighted by Crippen LogP contribution is 2.20. The third-order valence-corrected chi connectivity index (χ3v) is 6.90. The number of hydrogen-bond acceptors (Lipinski definition) is 6. The lowest BCUT2D eigenvalue weighted by atomic mass is 9.96. The van der Waals surface area contributed by atoms with Gasteiger partial charge in [0.25, 0.3) is 11.6 Å². The Morgan fingerprint density at radius 2 is 0.912 bits per heavy atom. The number of carbonyl (C=O) groups is 4. The third kappa shape index (κ3) is 5.99. The second kappa shape index (κ2) is 11.2. The summed E-state index contributed by atoms with van der Waals surface area (Å²) in [4.78, 5) is 49.7. The van der Waals surface area contributed by atoms with Crippen LogP contribution >= 0.6 is 0 Å². The van der Waals surface area contributed by atoms with E-state index in [1.165, 1.54) is 0 Å². The Balaban J connectivity index is 1.90. The maximum Gasteiger partial charge on any atom is 0.379 e. The molecule has 2 aromatic rings. The van der Waals surface area contributed by atoms with E-state index in [2.05, 4.69) is 0 Å². The Bertz CT molecular complexity index is 1040. The predicted octanol–water partition coefficient (Wildman–Crippen LogP) is 4.96. The first kappa shape index (κ1) is 27.0. The van der Waals surface area contributed by atoms with Gasteiger partial charge >= 0.3 is 11.9 Å². The second-order valence-electron chi connectivity index (χ2n) is 9.17. The van der Waals surface area contributed by atoms with Gasteiger partial charge in [-0.15, -0.1) is 0 Å². The number of benzene rings is 2. The average molecular weight is 467 g/mol. The molecule has 2 aromatic carbocycles. The number of aryl methyl sites for hydroxylation is 2. The molecule has 0 radical (unpaired) electrons. The van der Waals surface area contributed by atoms with Crippen LogP contribution in [0, 0.1) is 53.4 Å². The van der Waals surface area contributed by atoms with Crippen molar-refractivity contribution in [1.82, 2.24) is 0 Å². The summed E-state index contributed by atoms with van der Waals surface area (Å²) in [5.74, 6) is -3.57. The van der Waals surface area contributed by atoms with Crippen molar-refractivity contribution in [2.45, 2.75) is 55.4 Å². The van der Waals surface area contributed by atoms with Crippen LogP contribution in [0.5, 0.6) is 0 Å². The van der Waals surface area contributed by atoms with Crippen molar-refractivity contribution in [3.8, 4) is 0 Å². The van der Waals surface area contributed by atoms with Gasteiger partial charge in [-0.3, -0.25) is 9.59 Å². The van der Waals surface area contributed by atoms with E-state index < -0.39 is 23.5 Å². The lowest BCUT2D eigenvalue weighted by Crippen LogP contribution is -2.27. The highest BCUT2D eigenvalue weighted by molar-refractivity contribution is 6.41. The Kier molecular flexibility index (Phi) is 8.91. The number of ether oxygens (including phenoxy) is 2. The minimum atomic E-state index is -0.914. The largest absolute Gasteiger partial charge is 0.459 e. The van der Waals surface area contributed by atoms with Crippen LogP contribution in [-0.2, 0) is 19.1 Å². The van der Waals surface area contributed by atoms with Crippen molar-refractivity contribution >= 4 is 23.5 Å². The molecule has 0 aliphatic rings. The first-order valence-electron chi connectivity index (χ1n) is 11.4. The first-order chi connectivity index (χ1) is 15.9. The highest BCUT2D eigenvalue weighted by Gasteiger charge is 2.25. The molecule has 2 rings (SSSR count). The lowest BCUT2D eigenvalue weighted by Gasteiger charge is -2.19. The van der Waals surface area contributed by atoms with Gasteiger partial charge in [0.05, 0.1) is 13.2 Å². The molecule has 2 atom stereocenters. The summed E-state index contributed by atoms with van der Waals surface area (Å²) < 4.78 is 10.5. The zero-order valence-corrected chi connectivity index (χ0v) is 21.3. The molecular weight excluding hydrogens is 432 g/mol. The molecule has 0 saturated carbocycles. The van der Waals surface area contributed by atoms with Crippen molar-refractivity contribution in [2.24, 2.45) is 11.8 Å². The van der Waals surface area contributed by atoms with E-state index in [1.807, 2.05) is 67.5 Å². The Morgan fingerprint density at radius 1 is 0.588 bits per heavy atom. The van der Waals surface area contributed by atoms with Crippen LogP contribution in [0.15, 0.2) is 24.3 Å². The summed E-state index contributed by atoms with van der Waals surface area (Å²) in [5.41, 5.74) is 6.22. The quantitative estimate of drug-likeness (QED) is 0.295. The van der Waals surface area contributed by atoms with E-state index in [-0.39, 0.29) is 25.0 Å². The second-order valence-corrected chi connectivity index (χ2v) is 9.17. The minimum Gasteiger partial charge on any atom is -0.459 e. The molecule has 2 unspecified atom stereocenters. The lowest BCUT2D eigenvalue weighted by molar-refractivity contribution is -0.143. The van der Waals surface area contributed by atoms with Crippen molar-refractivity contribution in [2.75, 3.05) is 13.2 Å². The van der Waals surface area contributed by atoms with Gasteiger partial charge in [-0.1, -0.05) is 38.1 Å². The van der Waals surface area contributed by atoms with Crippen LogP contribution in [0.4, 0.5) is 0 Å². The monoisotopic (exact) mass is 466 g/mol. The standard InChI is InChI=1S/C28H34O6/c1-15-9-11-23(21(7)19(15)5)25(29)27(31)33-13-17(3)18(4)14-34-28(32)26(30)24-12-10-16(2)20(6)22(24)8/h9-12,17-18H,13-14H2,1-8H3. The van der Waals surface area contributed by atoms with Crippen molar-refractivity contribution in [1.29, 1.82) is 0 Å². The van der Waals surface area contributed by atoms with Crippen LogP contribution < -0.4 is 0 Å². The topological polar surface area (TPSA) is 86.7 Å². The van der Waals surface area contributed by atoms with Gasteiger partial charge in [0.2, 0.25) is 0 Å². The zero-order valence-electron chi connectivity index (χ0n) is 21.3. The van der Waals surface area contributed by atoms with E-state index in [1.54, 1.807) is 12.1 Å². The van der Waals surface area contributed by atoms with Gasteiger partial charge in [0.15, 0.2) is 0 Å². The Labute approximate surface area is 201 Å². The van der Waals surface area contributed by atoms with E-state index in [0.29, 0.717) is 11.1 Å². The van der Waals surface area contributed by atoms with Crippen LogP contribution in [-0.4, -0.2) is 36.7 Å². The van der Waals surface area contributed by atoms with Gasteiger partial charge in [0, 0.05) is 11.1 Å². The third-order valence-electron chi connectivity index (χ3n) is 6.90. The number of rotatable bonds is 9. The first-order valence-corrected chi connectivity index (χ1v) is 11.4. The molecule has 0 fully saturated rings. The van der Waals surface area contributed by atoms with E-state index >= 15 is 0 Å². The smallest absolute Gasteiger partial charge is 0.379 e. The van der Waals surface area contributed by atoms with Gasteiger partial charge in [0.1, 0.15) is 0 Å². The van der Waals surface area contributed by atoms with Crippen molar-refractivity contribution in [3.05, 3.63) is 68.8 Å². The molecule has 0 aliphatic carbocycles. The predicted molar refractivity (Wildman–Crippen MR) is 130 cm³/mol. The SMILES string of the molecule is Cc1ccc(C(=O)C(=O)OCC(C)C(C)COC(=O)C(=O)c2ccc(C)c(C)c2C)c(C)c1C. The maximum absolute atomic E-state index is 12.5. The number of ketones is 2. The Hall–Kier alpha value is -3.28. The summed E-state index contributed by atoms with van der Waals surface area (Å²) in [6, 6.07) is 6.90. The molecule has 0 amide bonds. The molecule has 0 aromatic heterocycles. The molecule has 6 nitrogen and oxygen atoms in total. The molecule has 0 heterocycles. The van der Waals surface area contributed by atoms with Gasteiger partial charge in [-0.2, -0.15) is 0 Å². The summed E-state index contributed by atoms with van der Waals surface area (Å²) >= 11 is 0. The van der Waals surface area contributed by atoms with E-state index in [0.717, 1.165) is 33.4 Å². The molecule has 182 valence electrons. The van der Waals surface area contributed by atoms with Gasteiger partial charge < -0.3 is 9.47 Å². The van der Waals surface area contributed by atoms with Crippen LogP contribution in [0.3, 0.4) is 0 Å². The zero-order chi connectivity index (χ0) is 25.7. The number of hydrogen-bond donors (Lipinski definition) is 0. The van der Waals surface area contributed by atoms with E-state index in [9.17, 15) is 19.2 Å². The van der Waals surface area contributed by atoms with Crippen molar-refractivity contribution in [3.63, 3.8) is 0 Å². The van der Waals surface area contributed by atoms with E-state index in [4.69, 9.17) is 9.47 Å². The number of esters is 2. The maximum atomic E-state index is 12.5. The molecule has 0 saturated heterocycles.